The monoisotopic (exact) mass is 334 g/mol. The summed E-state index contributed by atoms with van der Waals surface area (Å²) in [6, 6.07) is 28.4. The molecule has 0 heterocycles. The molecule has 0 aromatic heterocycles. The maximum absolute atomic E-state index is 9.05. The zero-order valence-electron chi connectivity index (χ0n) is 14.8. The molecule has 0 bridgehead atoms. The van der Waals surface area contributed by atoms with Crippen LogP contribution in [0.2, 0.25) is 0 Å². The minimum absolute atomic E-state index is 0.128. The first-order valence-electron chi connectivity index (χ1n) is 8.41. The van der Waals surface area contributed by atoms with Gasteiger partial charge in [0.25, 0.3) is 0 Å². The van der Waals surface area contributed by atoms with E-state index < -0.39 is 0 Å². The van der Waals surface area contributed by atoms with E-state index in [0.29, 0.717) is 5.22 Å². The van der Waals surface area contributed by atoms with E-state index in [2.05, 4.69) is 62.4 Å². The fraction of sp³-hybridized carbons (Fsp3) is 0.0833. The summed E-state index contributed by atoms with van der Waals surface area (Å²) in [6.45, 7) is 4.15. The van der Waals surface area contributed by atoms with Crippen LogP contribution in [0.1, 0.15) is 22.3 Å². The molecular weight excluding hydrogens is 316 g/mol. The SMILES string of the molecule is Cc1ccc(C(c2ccc(C)cc2)=c2ccc(=C(C#N)C#N)cc2)cc1. The number of hydrogen-bond acceptors (Lipinski definition) is 2. The van der Waals surface area contributed by atoms with E-state index in [4.69, 9.17) is 10.5 Å². The van der Waals surface area contributed by atoms with Gasteiger partial charge < -0.3 is 0 Å². The Morgan fingerprint density at radius 3 is 1.35 bits per heavy atom. The Bertz CT molecular complexity index is 1050. The fourth-order valence-electron chi connectivity index (χ4n) is 2.90. The Hall–Kier alpha value is -3.62. The summed E-state index contributed by atoms with van der Waals surface area (Å²) in [6.07, 6.45) is 0. The number of nitriles is 2. The van der Waals surface area contributed by atoms with Crippen molar-refractivity contribution in [3.63, 3.8) is 0 Å². The lowest BCUT2D eigenvalue weighted by atomic mass is 9.94. The van der Waals surface area contributed by atoms with Gasteiger partial charge in [0, 0.05) is 5.22 Å². The van der Waals surface area contributed by atoms with Crippen LogP contribution in [0.5, 0.6) is 0 Å². The number of aryl methyl sites for hydroxylation is 2. The van der Waals surface area contributed by atoms with Gasteiger partial charge in [0.05, 0.1) is 0 Å². The van der Waals surface area contributed by atoms with Gasteiger partial charge in [-0.25, -0.2) is 0 Å². The van der Waals surface area contributed by atoms with Gasteiger partial charge in [-0.05, 0) is 35.8 Å². The number of rotatable bonds is 2. The number of benzene rings is 3. The van der Waals surface area contributed by atoms with Crippen molar-refractivity contribution in [2.24, 2.45) is 0 Å². The summed E-state index contributed by atoms with van der Waals surface area (Å²) in [5.41, 5.74) is 5.97. The molecule has 0 aliphatic carbocycles. The normalized spacial score (nSPS) is 9.85. The smallest absolute Gasteiger partial charge is 0.136 e. The first-order chi connectivity index (χ1) is 12.6. The van der Waals surface area contributed by atoms with Crippen molar-refractivity contribution in [3.05, 3.63) is 105 Å². The topological polar surface area (TPSA) is 47.6 Å². The van der Waals surface area contributed by atoms with Crippen LogP contribution >= 0.6 is 0 Å². The van der Waals surface area contributed by atoms with Crippen LogP contribution in [0, 0.1) is 36.5 Å². The molecule has 3 aromatic carbocycles. The summed E-state index contributed by atoms with van der Waals surface area (Å²) in [4.78, 5) is 0. The minimum Gasteiger partial charge on any atom is -0.192 e. The highest BCUT2D eigenvalue weighted by Crippen LogP contribution is 2.21. The first kappa shape index (κ1) is 17.2. The molecule has 124 valence electrons. The van der Waals surface area contributed by atoms with E-state index in [1.54, 1.807) is 0 Å². The Labute approximate surface area is 153 Å². The Kier molecular flexibility index (Phi) is 4.97. The second-order valence-electron chi connectivity index (χ2n) is 6.28. The van der Waals surface area contributed by atoms with E-state index in [1.165, 1.54) is 11.1 Å². The van der Waals surface area contributed by atoms with Crippen LogP contribution in [-0.4, -0.2) is 0 Å². The van der Waals surface area contributed by atoms with Crippen LogP contribution in [-0.2, 0) is 0 Å². The zero-order valence-corrected chi connectivity index (χ0v) is 14.8. The zero-order chi connectivity index (χ0) is 18.5. The van der Waals surface area contributed by atoms with Crippen molar-refractivity contribution in [1.82, 2.24) is 0 Å². The van der Waals surface area contributed by atoms with Crippen molar-refractivity contribution < 1.29 is 0 Å². The predicted octanol–water partition coefficient (Wildman–Crippen LogP) is 3.75. The van der Waals surface area contributed by atoms with Gasteiger partial charge in [-0.3, -0.25) is 0 Å². The highest BCUT2D eigenvalue weighted by Gasteiger charge is 2.06. The predicted molar refractivity (Wildman–Crippen MR) is 104 cm³/mol. The third-order valence-electron chi connectivity index (χ3n) is 4.37. The number of hydrogen-bond donors (Lipinski definition) is 0. The van der Waals surface area contributed by atoms with Crippen LogP contribution in [0.25, 0.3) is 11.1 Å². The average molecular weight is 334 g/mol. The Morgan fingerprint density at radius 1 is 0.577 bits per heavy atom. The quantitative estimate of drug-likeness (QED) is 0.716. The molecule has 0 saturated heterocycles. The third-order valence-corrected chi connectivity index (χ3v) is 4.37. The third kappa shape index (κ3) is 3.56. The molecule has 2 heteroatoms. The molecule has 3 aromatic rings. The molecule has 0 aliphatic heterocycles. The van der Waals surface area contributed by atoms with Gasteiger partial charge in [0.2, 0.25) is 0 Å². The van der Waals surface area contributed by atoms with Gasteiger partial charge in [-0.15, -0.1) is 0 Å². The van der Waals surface area contributed by atoms with Crippen LogP contribution in [0.4, 0.5) is 0 Å². The molecule has 0 spiro atoms. The highest BCUT2D eigenvalue weighted by atomic mass is 14.3. The van der Waals surface area contributed by atoms with Gasteiger partial charge in [0.15, 0.2) is 0 Å². The average Bonchev–Trinajstić information content (AvgIpc) is 2.67. The van der Waals surface area contributed by atoms with Crippen molar-refractivity contribution >= 4 is 11.1 Å². The number of nitrogens with zero attached hydrogens (tertiary/aromatic N) is 2. The van der Waals surface area contributed by atoms with E-state index in [0.717, 1.165) is 21.9 Å². The molecule has 3 rings (SSSR count). The van der Waals surface area contributed by atoms with Crippen molar-refractivity contribution in [2.75, 3.05) is 0 Å². The summed E-state index contributed by atoms with van der Waals surface area (Å²) in [5.74, 6) is 0. The molecule has 26 heavy (non-hydrogen) atoms. The first-order valence-corrected chi connectivity index (χ1v) is 8.41. The molecule has 0 amide bonds. The molecule has 0 saturated carbocycles. The minimum atomic E-state index is 0.128. The van der Waals surface area contributed by atoms with Gasteiger partial charge in [-0.2, -0.15) is 10.5 Å². The molecule has 0 radical (unpaired) electrons. The maximum Gasteiger partial charge on any atom is 0.136 e. The molecule has 0 atom stereocenters. The lowest BCUT2D eigenvalue weighted by Crippen LogP contribution is -2.13. The van der Waals surface area contributed by atoms with Crippen molar-refractivity contribution in [1.29, 1.82) is 10.5 Å². The van der Waals surface area contributed by atoms with Crippen molar-refractivity contribution in [3.8, 4) is 12.1 Å². The van der Waals surface area contributed by atoms with Crippen LogP contribution < -0.4 is 10.4 Å². The van der Waals surface area contributed by atoms with Crippen LogP contribution in [0.15, 0.2) is 72.8 Å². The molecule has 0 aliphatic rings. The van der Waals surface area contributed by atoms with E-state index in [-0.39, 0.29) is 5.57 Å². The second-order valence-corrected chi connectivity index (χ2v) is 6.28. The van der Waals surface area contributed by atoms with Gasteiger partial charge >= 0.3 is 0 Å². The van der Waals surface area contributed by atoms with Crippen LogP contribution in [0.3, 0.4) is 0 Å². The fourth-order valence-corrected chi connectivity index (χ4v) is 2.90. The molecular formula is C24H18N2. The second kappa shape index (κ2) is 7.51. The highest BCUT2D eigenvalue weighted by molar-refractivity contribution is 5.80. The summed E-state index contributed by atoms with van der Waals surface area (Å²) in [7, 11) is 0. The standard InChI is InChI=1S/C24H18N2/c1-17-3-7-20(8-4-17)24(21-9-5-18(2)6-10-21)22-13-11-19(12-14-22)23(15-25)16-26/h3-14H,1-2H3. The molecule has 2 nitrogen and oxygen atoms in total. The maximum atomic E-state index is 9.05. The van der Waals surface area contributed by atoms with E-state index in [9.17, 15) is 0 Å². The van der Waals surface area contributed by atoms with Gasteiger partial charge in [0.1, 0.15) is 17.7 Å². The summed E-state index contributed by atoms with van der Waals surface area (Å²) in [5, 5.41) is 19.8. The van der Waals surface area contributed by atoms with Gasteiger partial charge in [-0.1, -0.05) is 83.9 Å². The Morgan fingerprint density at radius 2 is 0.962 bits per heavy atom. The van der Waals surface area contributed by atoms with Crippen molar-refractivity contribution in [2.45, 2.75) is 13.8 Å². The summed E-state index contributed by atoms with van der Waals surface area (Å²) >= 11 is 0. The molecule has 0 unspecified atom stereocenters. The molecule has 0 fully saturated rings. The lowest BCUT2D eigenvalue weighted by molar-refractivity contribution is 1.40. The molecule has 0 N–H and O–H groups in total. The van der Waals surface area contributed by atoms with E-state index in [1.807, 2.05) is 36.4 Å². The Balaban J connectivity index is 2.30. The lowest BCUT2D eigenvalue weighted by Gasteiger charge is -2.10. The largest absolute Gasteiger partial charge is 0.192 e. The van der Waals surface area contributed by atoms with E-state index >= 15 is 0 Å². The summed E-state index contributed by atoms with van der Waals surface area (Å²) < 4.78 is 0.